The smallest absolute Gasteiger partial charge is 0.176 e. The van der Waals surface area contributed by atoms with E-state index in [4.69, 9.17) is 17.3 Å². The van der Waals surface area contributed by atoms with Crippen LogP contribution in [0.1, 0.15) is 0 Å². The van der Waals surface area contributed by atoms with Crippen LogP contribution in [-0.4, -0.2) is 24.6 Å². The van der Waals surface area contributed by atoms with E-state index in [2.05, 4.69) is 25.9 Å². The van der Waals surface area contributed by atoms with Crippen molar-refractivity contribution >= 4 is 54.0 Å². The molecule has 0 saturated heterocycles. The van der Waals surface area contributed by atoms with Gasteiger partial charge in [-0.25, -0.2) is 13.4 Å². The zero-order chi connectivity index (χ0) is 16.8. The fourth-order valence-electron chi connectivity index (χ4n) is 2.35. The lowest BCUT2D eigenvalue weighted by molar-refractivity contribution is 0.602. The first-order valence-electron chi connectivity index (χ1n) is 6.46. The predicted molar refractivity (Wildman–Crippen MR) is 95.2 cm³/mol. The number of nitrogens with two attached hydrogens (primary N) is 1. The number of rotatable bonds is 2. The fraction of sp³-hybridized carbons (Fsp3) is 0.0667. The molecule has 0 aliphatic heterocycles. The van der Waals surface area contributed by atoms with Gasteiger partial charge in [-0.05, 0) is 39.5 Å². The third-order valence-corrected chi connectivity index (χ3v) is 5.99. The molecule has 0 saturated carbocycles. The third-order valence-electron chi connectivity index (χ3n) is 3.39. The molecular formula is C15H11BrClN3O2S. The van der Waals surface area contributed by atoms with Crippen molar-refractivity contribution in [1.82, 2.24) is 9.97 Å². The van der Waals surface area contributed by atoms with Gasteiger partial charge in [-0.15, -0.1) is 0 Å². The highest BCUT2D eigenvalue weighted by Crippen LogP contribution is 2.41. The molecule has 0 aliphatic rings. The number of sulfone groups is 1. The van der Waals surface area contributed by atoms with Crippen LogP contribution in [-0.2, 0) is 9.84 Å². The summed E-state index contributed by atoms with van der Waals surface area (Å²) in [6.07, 6.45) is 5.69. The van der Waals surface area contributed by atoms with Crippen molar-refractivity contribution in [3.63, 3.8) is 0 Å². The maximum Gasteiger partial charge on any atom is 0.176 e. The number of aromatic nitrogens is 2. The van der Waals surface area contributed by atoms with E-state index in [9.17, 15) is 8.42 Å². The Kier molecular flexibility index (Phi) is 4.03. The van der Waals surface area contributed by atoms with Gasteiger partial charge in [0.2, 0.25) is 0 Å². The Morgan fingerprint density at radius 1 is 1.22 bits per heavy atom. The summed E-state index contributed by atoms with van der Waals surface area (Å²) in [5, 5.41) is 1.93. The lowest BCUT2D eigenvalue weighted by Gasteiger charge is -2.13. The van der Waals surface area contributed by atoms with Gasteiger partial charge in [-0.1, -0.05) is 11.6 Å². The molecule has 0 aliphatic carbocycles. The fourth-order valence-corrected chi connectivity index (χ4v) is 4.02. The van der Waals surface area contributed by atoms with Crippen LogP contribution in [0.4, 0.5) is 5.82 Å². The van der Waals surface area contributed by atoms with E-state index in [1.165, 1.54) is 18.5 Å². The lowest BCUT2D eigenvalue weighted by Crippen LogP contribution is -2.01. The van der Waals surface area contributed by atoms with E-state index >= 15 is 0 Å². The number of pyridine rings is 2. The minimum atomic E-state index is -3.41. The Balaban J connectivity index is 2.40. The van der Waals surface area contributed by atoms with Crippen molar-refractivity contribution in [3.05, 3.63) is 46.3 Å². The van der Waals surface area contributed by atoms with Gasteiger partial charge in [0.1, 0.15) is 5.82 Å². The standard InChI is InChI=1S/C15H11BrClN3O2S/c1-23(21,22)12-2-3-19-6-11(12)9-4-8-5-13(18)20-7-10(8)15(17)14(9)16/h2-7H,1H3,(H2,18,20). The van der Waals surface area contributed by atoms with Crippen molar-refractivity contribution < 1.29 is 8.42 Å². The van der Waals surface area contributed by atoms with Crippen LogP contribution < -0.4 is 5.73 Å². The highest BCUT2D eigenvalue weighted by atomic mass is 79.9. The molecule has 118 valence electrons. The van der Waals surface area contributed by atoms with Crippen molar-refractivity contribution in [3.8, 4) is 11.1 Å². The number of halogens is 2. The van der Waals surface area contributed by atoms with E-state index < -0.39 is 9.84 Å². The van der Waals surface area contributed by atoms with E-state index in [1.807, 2.05) is 6.07 Å². The monoisotopic (exact) mass is 411 g/mol. The number of anilines is 1. The molecule has 0 spiro atoms. The average Bonchev–Trinajstić information content (AvgIpc) is 2.50. The molecule has 2 aromatic heterocycles. The Labute approximate surface area is 146 Å². The Morgan fingerprint density at radius 3 is 2.65 bits per heavy atom. The molecule has 1 aromatic carbocycles. The molecule has 8 heteroatoms. The first-order chi connectivity index (χ1) is 10.8. The number of hydrogen-bond acceptors (Lipinski definition) is 5. The van der Waals surface area contributed by atoms with E-state index in [0.29, 0.717) is 26.4 Å². The van der Waals surface area contributed by atoms with E-state index in [1.54, 1.807) is 12.3 Å². The van der Waals surface area contributed by atoms with Crippen molar-refractivity contribution in [2.75, 3.05) is 12.0 Å². The van der Waals surface area contributed by atoms with Gasteiger partial charge >= 0.3 is 0 Å². The Hall–Kier alpha value is -1.70. The van der Waals surface area contributed by atoms with Gasteiger partial charge < -0.3 is 5.73 Å². The van der Waals surface area contributed by atoms with Crippen LogP contribution in [0.15, 0.2) is 46.2 Å². The molecule has 3 rings (SSSR count). The van der Waals surface area contributed by atoms with Crippen LogP contribution in [0.2, 0.25) is 5.02 Å². The third kappa shape index (κ3) is 2.91. The maximum absolute atomic E-state index is 12.0. The summed E-state index contributed by atoms with van der Waals surface area (Å²) in [4.78, 5) is 8.26. The van der Waals surface area contributed by atoms with Crippen molar-refractivity contribution in [2.24, 2.45) is 0 Å². The number of hydrogen-bond donors (Lipinski definition) is 1. The first-order valence-corrected chi connectivity index (χ1v) is 9.53. The molecule has 2 heterocycles. The van der Waals surface area contributed by atoms with Gasteiger partial charge in [0, 0.05) is 45.8 Å². The minimum Gasteiger partial charge on any atom is -0.384 e. The zero-order valence-electron chi connectivity index (χ0n) is 11.9. The molecule has 0 atom stereocenters. The number of benzene rings is 1. The summed E-state index contributed by atoms with van der Waals surface area (Å²) >= 11 is 9.85. The van der Waals surface area contributed by atoms with Crippen molar-refractivity contribution in [2.45, 2.75) is 4.90 Å². The summed E-state index contributed by atoms with van der Waals surface area (Å²) < 4.78 is 24.6. The van der Waals surface area contributed by atoms with Gasteiger partial charge in [-0.2, -0.15) is 0 Å². The van der Waals surface area contributed by atoms with Gasteiger partial charge in [0.25, 0.3) is 0 Å². The van der Waals surface area contributed by atoms with Crippen molar-refractivity contribution in [1.29, 1.82) is 0 Å². The quantitative estimate of drug-likeness (QED) is 0.693. The summed E-state index contributed by atoms with van der Waals surface area (Å²) in [6, 6.07) is 4.97. The Bertz CT molecular complexity index is 1040. The van der Waals surface area contributed by atoms with Crippen LogP contribution >= 0.6 is 27.5 Å². The molecular weight excluding hydrogens is 402 g/mol. The molecule has 23 heavy (non-hydrogen) atoms. The number of fused-ring (bicyclic) bond motifs is 1. The van der Waals surface area contributed by atoms with Gasteiger partial charge in [-0.3, -0.25) is 4.98 Å². The second-order valence-electron chi connectivity index (χ2n) is 5.03. The highest BCUT2D eigenvalue weighted by Gasteiger charge is 2.19. The summed E-state index contributed by atoms with van der Waals surface area (Å²) in [6.45, 7) is 0. The van der Waals surface area contributed by atoms with Gasteiger partial charge in [0.15, 0.2) is 9.84 Å². The number of nitrogens with zero attached hydrogens (tertiary/aromatic N) is 2. The molecule has 0 radical (unpaired) electrons. The topological polar surface area (TPSA) is 85.9 Å². The van der Waals surface area contributed by atoms with Crippen LogP contribution in [0.25, 0.3) is 21.9 Å². The molecule has 0 fully saturated rings. The molecule has 3 aromatic rings. The van der Waals surface area contributed by atoms with Crippen LogP contribution in [0.5, 0.6) is 0 Å². The zero-order valence-corrected chi connectivity index (χ0v) is 15.1. The highest BCUT2D eigenvalue weighted by molar-refractivity contribution is 9.10. The molecule has 2 N–H and O–H groups in total. The molecule has 5 nitrogen and oxygen atoms in total. The van der Waals surface area contributed by atoms with E-state index in [0.717, 1.165) is 17.0 Å². The maximum atomic E-state index is 12.0. The largest absolute Gasteiger partial charge is 0.384 e. The Morgan fingerprint density at radius 2 is 1.96 bits per heavy atom. The van der Waals surface area contributed by atoms with Gasteiger partial charge in [0.05, 0.1) is 9.92 Å². The normalized spacial score (nSPS) is 11.8. The first kappa shape index (κ1) is 16.2. The minimum absolute atomic E-state index is 0.186. The second-order valence-corrected chi connectivity index (χ2v) is 8.18. The molecule has 0 amide bonds. The molecule has 0 bridgehead atoms. The molecule has 0 unspecified atom stereocenters. The number of nitrogen functional groups attached to an aromatic ring is 1. The van der Waals surface area contributed by atoms with E-state index in [-0.39, 0.29) is 4.90 Å². The predicted octanol–water partition coefficient (Wildman–Crippen LogP) is 3.70. The average molecular weight is 413 g/mol. The van der Waals surface area contributed by atoms with Crippen LogP contribution in [0, 0.1) is 0 Å². The summed E-state index contributed by atoms with van der Waals surface area (Å²) in [7, 11) is -3.41. The summed E-state index contributed by atoms with van der Waals surface area (Å²) in [5.74, 6) is 0.358. The van der Waals surface area contributed by atoms with Crippen LogP contribution in [0.3, 0.4) is 0 Å². The second kappa shape index (κ2) is 5.74. The lowest BCUT2D eigenvalue weighted by atomic mass is 10.0. The SMILES string of the molecule is CS(=O)(=O)c1ccncc1-c1cc2cc(N)ncc2c(Cl)c1Br. The summed E-state index contributed by atoms with van der Waals surface area (Å²) in [5.41, 5.74) is 6.83.